The summed E-state index contributed by atoms with van der Waals surface area (Å²) in [5.41, 5.74) is 8.21. The molecule has 2 aromatic rings. The molecule has 1 heterocycles. The predicted molar refractivity (Wildman–Crippen MR) is 83.7 cm³/mol. The average molecular weight is 270 g/mol. The largest absolute Gasteiger partial charge is 0.383 e. The number of nitrogens with zero attached hydrogens (tertiary/aromatic N) is 3. The van der Waals surface area contributed by atoms with Gasteiger partial charge in [-0.25, -0.2) is 9.97 Å². The highest BCUT2D eigenvalue weighted by atomic mass is 15.2. The van der Waals surface area contributed by atoms with Gasteiger partial charge >= 0.3 is 0 Å². The molecule has 20 heavy (non-hydrogen) atoms. The number of hydrogen-bond donors (Lipinski definition) is 1. The van der Waals surface area contributed by atoms with Crippen molar-refractivity contribution >= 4 is 11.6 Å². The summed E-state index contributed by atoms with van der Waals surface area (Å²) in [6, 6.07) is 10.4. The summed E-state index contributed by atoms with van der Waals surface area (Å²) in [5, 5.41) is 0. The first-order valence-corrected chi connectivity index (χ1v) is 7.00. The first kappa shape index (κ1) is 14.3. The molecule has 0 unspecified atom stereocenters. The van der Waals surface area contributed by atoms with E-state index >= 15 is 0 Å². The SMILES string of the molecule is CCCc1nc(N)c(C)c(N(C)Cc2ccccc2)n1. The second kappa shape index (κ2) is 6.37. The molecule has 2 N–H and O–H groups in total. The molecular formula is C16H22N4. The molecule has 0 fully saturated rings. The highest BCUT2D eigenvalue weighted by Crippen LogP contribution is 2.22. The molecule has 0 spiro atoms. The third-order valence-corrected chi connectivity index (χ3v) is 3.30. The van der Waals surface area contributed by atoms with E-state index < -0.39 is 0 Å². The number of nitrogen functional groups attached to an aromatic ring is 1. The van der Waals surface area contributed by atoms with Gasteiger partial charge in [0.1, 0.15) is 17.5 Å². The third kappa shape index (κ3) is 3.26. The van der Waals surface area contributed by atoms with Crippen LogP contribution in [0.4, 0.5) is 11.6 Å². The van der Waals surface area contributed by atoms with Crippen molar-refractivity contribution in [3.8, 4) is 0 Å². The first-order valence-electron chi connectivity index (χ1n) is 7.00. The van der Waals surface area contributed by atoms with Crippen molar-refractivity contribution in [3.05, 3.63) is 47.3 Å². The monoisotopic (exact) mass is 270 g/mol. The van der Waals surface area contributed by atoms with Crippen LogP contribution in [0, 0.1) is 6.92 Å². The zero-order valence-corrected chi connectivity index (χ0v) is 12.4. The summed E-state index contributed by atoms with van der Waals surface area (Å²) >= 11 is 0. The van der Waals surface area contributed by atoms with Gasteiger partial charge in [0.2, 0.25) is 0 Å². The van der Waals surface area contributed by atoms with Crippen molar-refractivity contribution in [2.45, 2.75) is 33.2 Å². The Hall–Kier alpha value is -2.10. The number of hydrogen-bond acceptors (Lipinski definition) is 4. The van der Waals surface area contributed by atoms with Gasteiger partial charge < -0.3 is 10.6 Å². The highest BCUT2D eigenvalue weighted by Gasteiger charge is 2.12. The number of nitrogens with two attached hydrogens (primary N) is 1. The van der Waals surface area contributed by atoms with E-state index in [1.807, 2.05) is 32.2 Å². The van der Waals surface area contributed by atoms with Crippen LogP contribution in [0.3, 0.4) is 0 Å². The van der Waals surface area contributed by atoms with E-state index in [-0.39, 0.29) is 0 Å². The van der Waals surface area contributed by atoms with Crippen LogP contribution in [0.1, 0.15) is 30.3 Å². The number of anilines is 2. The Morgan fingerprint density at radius 1 is 1.15 bits per heavy atom. The maximum absolute atomic E-state index is 6.01. The normalized spacial score (nSPS) is 10.6. The second-order valence-electron chi connectivity index (χ2n) is 5.07. The van der Waals surface area contributed by atoms with E-state index in [4.69, 9.17) is 5.73 Å². The summed E-state index contributed by atoms with van der Waals surface area (Å²) in [4.78, 5) is 11.1. The number of benzene rings is 1. The van der Waals surface area contributed by atoms with Crippen molar-refractivity contribution in [2.24, 2.45) is 0 Å². The molecule has 0 aliphatic heterocycles. The smallest absolute Gasteiger partial charge is 0.137 e. The topological polar surface area (TPSA) is 55.0 Å². The summed E-state index contributed by atoms with van der Waals surface area (Å²) in [7, 11) is 2.04. The van der Waals surface area contributed by atoms with E-state index in [2.05, 4.69) is 33.9 Å². The summed E-state index contributed by atoms with van der Waals surface area (Å²) in [6.45, 7) is 4.90. The number of rotatable bonds is 5. The molecular weight excluding hydrogens is 248 g/mol. The maximum Gasteiger partial charge on any atom is 0.137 e. The Labute approximate surface area is 120 Å². The quantitative estimate of drug-likeness (QED) is 0.907. The second-order valence-corrected chi connectivity index (χ2v) is 5.07. The molecule has 0 radical (unpaired) electrons. The molecule has 0 saturated heterocycles. The lowest BCUT2D eigenvalue weighted by molar-refractivity contribution is 0.809. The molecule has 0 aliphatic carbocycles. The minimum atomic E-state index is 0.582. The van der Waals surface area contributed by atoms with Crippen LogP contribution in [-0.2, 0) is 13.0 Å². The molecule has 0 atom stereocenters. The Kier molecular flexibility index (Phi) is 4.56. The first-order chi connectivity index (χ1) is 9.61. The molecule has 0 aliphatic rings. The fourth-order valence-corrected chi connectivity index (χ4v) is 2.21. The highest BCUT2D eigenvalue weighted by molar-refractivity contribution is 5.56. The number of aryl methyl sites for hydroxylation is 1. The molecule has 2 rings (SSSR count). The molecule has 0 amide bonds. The van der Waals surface area contributed by atoms with Gasteiger partial charge in [-0.2, -0.15) is 0 Å². The minimum absolute atomic E-state index is 0.582. The van der Waals surface area contributed by atoms with Crippen LogP contribution >= 0.6 is 0 Å². The molecule has 0 saturated carbocycles. The van der Waals surface area contributed by atoms with Crippen LogP contribution in [0.25, 0.3) is 0 Å². The van der Waals surface area contributed by atoms with Crippen LogP contribution in [-0.4, -0.2) is 17.0 Å². The Morgan fingerprint density at radius 2 is 1.85 bits per heavy atom. The average Bonchev–Trinajstić information content (AvgIpc) is 2.44. The maximum atomic E-state index is 6.01. The van der Waals surface area contributed by atoms with Crippen molar-refractivity contribution in [2.75, 3.05) is 17.7 Å². The molecule has 4 heteroatoms. The van der Waals surface area contributed by atoms with Crippen LogP contribution in [0.2, 0.25) is 0 Å². The minimum Gasteiger partial charge on any atom is -0.383 e. The van der Waals surface area contributed by atoms with Gasteiger partial charge in [0.25, 0.3) is 0 Å². The van der Waals surface area contributed by atoms with Crippen LogP contribution < -0.4 is 10.6 Å². The Balaban J connectivity index is 2.26. The summed E-state index contributed by atoms with van der Waals surface area (Å²) in [5.74, 6) is 2.33. The lowest BCUT2D eigenvalue weighted by Gasteiger charge is -2.21. The van der Waals surface area contributed by atoms with Crippen LogP contribution in [0.15, 0.2) is 30.3 Å². The molecule has 1 aromatic carbocycles. The van der Waals surface area contributed by atoms with Crippen molar-refractivity contribution < 1.29 is 0 Å². The summed E-state index contributed by atoms with van der Waals surface area (Å²) in [6.07, 6.45) is 1.88. The van der Waals surface area contributed by atoms with Gasteiger partial charge in [-0.05, 0) is 18.9 Å². The third-order valence-electron chi connectivity index (χ3n) is 3.30. The lowest BCUT2D eigenvalue weighted by atomic mass is 10.2. The van der Waals surface area contributed by atoms with Gasteiger partial charge in [0.05, 0.1) is 0 Å². The number of aromatic nitrogens is 2. The van der Waals surface area contributed by atoms with Crippen molar-refractivity contribution in [3.63, 3.8) is 0 Å². The van der Waals surface area contributed by atoms with Gasteiger partial charge in [0.15, 0.2) is 0 Å². The fraction of sp³-hybridized carbons (Fsp3) is 0.375. The predicted octanol–water partition coefficient (Wildman–Crippen LogP) is 2.96. The van der Waals surface area contributed by atoms with Gasteiger partial charge in [0, 0.05) is 25.6 Å². The Bertz CT molecular complexity index is 566. The van der Waals surface area contributed by atoms with E-state index in [1.165, 1.54) is 5.56 Å². The van der Waals surface area contributed by atoms with E-state index in [1.54, 1.807) is 0 Å². The Morgan fingerprint density at radius 3 is 2.50 bits per heavy atom. The fourth-order valence-electron chi connectivity index (χ4n) is 2.21. The molecule has 0 bridgehead atoms. The molecule has 4 nitrogen and oxygen atoms in total. The van der Waals surface area contributed by atoms with Crippen LogP contribution in [0.5, 0.6) is 0 Å². The van der Waals surface area contributed by atoms with E-state index in [0.29, 0.717) is 5.82 Å². The van der Waals surface area contributed by atoms with Gasteiger partial charge in [-0.1, -0.05) is 37.3 Å². The van der Waals surface area contributed by atoms with Gasteiger partial charge in [-0.3, -0.25) is 0 Å². The zero-order chi connectivity index (χ0) is 14.5. The molecule has 106 valence electrons. The van der Waals surface area contributed by atoms with Crippen molar-refractivity contribution in [1.82, 2.24) is 9.97 Å². The summed E-state index contributed by atoms with van der Waals surface area (Å²) < 4.78 is 0. The lowest BCUT2D eigenvalue weighted by Crippen LogP contribution is -2.20. The van der Waals surface area contributed by atoms with E-state index in [0.717, 1.165) is 36.6 Å². The zero-order valence-electron chi connectivity index (χ0n) is 12.4. The molecule has 1 aromatic heterocycles. The van der Waals surface area contributed by atoms with Crippen molar-refractivity contribution in [1.29, 1.82) is 0 Å². The van der Waals surface area contributed by atoms with E-state index in [9.17, 15) is 0 Å². The standard InChI is InChI=1S/C16H22N4/c1-4-8-14-18-15(17)12(2)16(19-14)20(3)11-13-9-6-5-7-10-13/h5-7,9-10H,4,8,11H2,1-3H3,(H2,17,18,19). The van der Waals surface area contributed by atoms with Gasteiger partial charge in [-0.15, -0.1) is 0 Å².